The number of rotatable bonds is 26. The molecule has 0 bridgehead atoms. The number of carbonyl (C=O) groups excluding carboxylic acids is 4. The molecule has 1 heterocycles. The Balaban J connectivity index is 2.54. The van der Waals surface area contributed by atoms with Crippen LogP contribution in [0.25, 0.3) is 0 Å². The first-order chi connectivity index (χ1) is 23.4. The van der Waals surface area contributed by atoms with E-state index in [9.17, 15) is 19.2 Å². The predicted molar refractivity (Wildman–Crippen MR) is 200 cm³/mol. The van der Waals surface area contributed by atoms with Gasteiger partial charge in [-0.2, -0.15) is 23.5 Å². The van der Waals surface area contributed by atoms with Crippen LogP contribution < -0.4 is 0 Å². The number of nitrogens with zero attached hydrogens (tertiary/aromatic N) is 4. The van der Waals surface area contributed by atoms with Gasteiger partial charge in [-0.1, -0.05) is 74.5 Å². The third-order valence-electron chi connectivity index (χ3n) is 7.41. The lowest BCUT2D eigenvalue weighted by atomic mass is 9.86. The Morgan fingerprint density at radius 3 is 1.84 bits per heavy atom. The molecule has 0 aliphatic rings. The second kappa shape index (κ2) is 24.0. The van der Waals surface area contributed by atoms with Crippen LogP contribution in [0.1, 0.15) is 101 Å². The van der Waals surface area contributed by atoms with Crippen LogP contribution in [-0.4, -0.2) is 105 Å². The van der Waals surface area contributed by atoms with Crippen molar-refractivity contribution in [1.29, 1.82) is 0 Å². The highest BCUT2D eigenvalue weighted by Gasteiger charge is 2.28. The third kappa shape index (κ3) is 22.5. The lowest BCUT2D eigenvalue weighted by molar-refractivity contribution is -0.154. The highest BCUT2D eigenvalue weighted by Crippen LogP contribution is 2.37. The molecule has 0 saturated carbocycles. The molecule has 0 aliphatic heterocycles. The van der Waals surface area contributed by atoms with Gasteiger partial charge in [0.1, 0.15) is 26.4 Å². The van der Waals surface area contributed by atoms with Gasteiger partial charge in [0.2, 0.25) is 0 Å². The molecule has 0 spiro atoms. The molecule has 0 fully saturated rings. The maximum absolute atomic E-state index is 12.6. The predicted octanol–water partition coefficient (Wildman–Crippen LogP) is 6.05. The largest absolute Gasteiger partial charge is 0.462 e. The minimum Gasteiger partial charge on any atom is -0.462 e. The zero-order valence-corrected chi connectivity index (χ0v) is 33.9. The summed E-state index contributed by atoms with van der Waals surface area (Å²) in [6, 6.07) is 0. The summed E-state index contributed by atoms with van der Waals surface area (Å²) >= 11 is 3.44. The van der Waals surface area contributed by atoms with Crippen molar-refractivity contribution < 1.29 is 38.1 Å². The van der Waals surface area contributed by atoms with E-state index in [0.29, 0.717) is 37.1 Å². The topological polar surface area (TPSA) is 139 Å². The Bertz CT molecular complexity index is 1160. The van der Waals surface area contributed by atoms with Crippen molar-refractivity contribution in [2.75, 3.05) is 56.8 Å². The number of hydrogen-bond acceptors (Lipinski definition) is 13. The summed E-state index contributed by atoms with van der Waals surface area (Å²) in [6.45, 7) is 22.7. The average Bonchev–Trinajstić information content (AvgIpc) is 3.48. The van der Waals surface area contributed by atoms with Gasteiger partial charge in [-0.25, -0.2) is 0 Å². The second-order valence-corrected chi connectivity index (χ2v) is 18.0. The van der Waals surface area contributed by atoms with Crippen molar-refractivity contribution in [2.45, 2.75) is 113 Å². The average molecular weight is 745 g/mol. The summed E-state index contributed by atoms with van der Waals surface area (Å²) in [5.41, 5.74) is 0.920. The molecule has 0 amide bonds. The number of hydrogen-bond donors (Lipinski definition) is 0. The van der Waals surface area contributed by atoms with Crippen molar-refractivity contribution in [3.05, 3.63) is 11.9 Å². The maximum Gasteiger partial charge on any atom is 0.309 e. The van der Waals surface area contributed by atoms with E-state index in [1.165, 1.54) is 0 Å². The van der Waals surface area contributed by atoms with Crippen LogP contribution in [0.4, 0.5) is 0 Å². The van der Waals surface area contributed by atoms with Gasteiger partial charge in [0.15, 0.2) is 0 Å². The van der Waals surface area contributed by atoms with E-state index in [0.717, 1.165) is 30.8 Å². The minimum atomic E-state index is -0.435. The Morgan fingerprint density at radius 2 is 1.34 bits per heavy atom. The number of aromatic nitrogens is 3. The Morgan fingerprint density at radius 1 is 0.820 bits per heavy atom. The SMILES string of the molecule is CCSCC(C)C(=O)OCCOC(=O)CCN(CCC(=O)OCCOC(=O)C(C)CSC(C)(C)CC(C)(C)C)Cc1cn(CCC(C)C)nn1. The van der Waals surface area contributed by atoms with Gasteiger partial charge in [-0.15, -0.1) is 5.10 Å². The molecular formula is C36H64N4O8S2. The first-order valence-electron chi connectivity index (χ1n) is 17.9. The van der Waals surface area contributed by atoms with Crippen molar-refractivity contribution in [3.63, 3.8) is 0 Å². The normalized spacial score (nSPS) is 13.3. The Labute approximate surface area is 309 Å². The highest BCUT2D eigenvalue weighted by atomic mass is 32.2. The molecule has 14 heteroatoms. The van der Waals surface area contributed by atoms with Crippen molar-refractivity contribution in [1.82, 2.24) is 19.9 Å². The van der Waals surface area contributed by atoms with Gasteiger partial charge in [0.25, 0.3) is 0 Å². The van der Waals surface area contributed by atoms with E-state index in [-0.39, 0.29) is 73.2 Å². The summed E-state index contributed by atoms with van der Waals surface area (Å²) in [6.07, 6.45) is 4.02. The smallest absolute Gasteiger partial charge is 0.309 e. The van der Waals surface area contributed by atoms with E-state index in [4.69, 9.17) is 18.9 Å². The molecule has 0 aromatic carbocycles. The quantitative estimate of drug-likeness (QED) is 0.0618. The van der Waals surface area contributed by atoms with E-state index in [1.807, 2.05) is 31.9 Å². The minimum absolute atomic E-state index is 0.00353. The van der Waals surface area contributed by atoms with Crippen LogP contribution in [0.2, 0.25) is 0 Å². The summed E-state index contributed by atoms with van der Waals surface area (Å²) < 4.78 is 23.0. The van der Waals surface area contributed by atoms with Crippen LogP contribution in [0.15, 0.2) is 6.20 Å². The van der Waals surface area contributed by atoms with E-state index in [2.05, 4.69) is 58.8 Å². The number of carbonyl (C=O) groups is 4. The van der Waals surface area contributed by atoms with Crippen molar-refractivity contribution in [3.8, 4) is 0 Å². The Hall–Kier alpha value is -2.32. The lowest BCUT2D eigenvalue weighted by Gasteiger charge is -2.32. The van der Waals surface area contributed by atoms with Crippen LogP contribution in [0.3, 0.4) is 0 Å². The van der Waals surface area contributed by atoms with Crippen molar-refractivity contribution >= 4 is 47.4 Å². The molecule has 1 aromatic heterocycles. The van der Waals surface area contributed by atoms with E-state index in [1.54, 1.807) is 28.2 Å². The molecule has 12 nitrogen and oxygen atoms in total. The van der Waals surface area contributed by atoms with Gasteiger partial charge < -0.3 is 18.9 Å². The molecule has 0 radical (unpaired) electrons. The highest BCUT2D eigenvalue weighted by molar-refractivity contribution is 8.00. The van der Waals surface area contributed by atoms with Gasteiger partial charge in [-0.05, 0) is 29.9 Å². The fourth-order valence-corrected chi connectivity index (χ4v) is 7.14. The second-order valence-electron chi connectivity index (χ2n) is 15.0. The summed E-state index contributed by atoms with van der Waals surface area (Å²) in [4.78, 5) is 51.5. The third-order valence-corrected chi connectivity index (χ3v) is 10.1. The van der Waals surface area contributed by atoms with Gasteiger partial charge >= 0.3 is 23.9 Å². The maximum atomic E-state index is 12.6. The number of esters is 4. The number of thioether (sulfide) groups is 2. The fourth-order valence-electron chi connectivity index (χ4n) is 5.04. The van der Waals surface area contributed by atoms with E-state index >= 15 is 0 Å². The van der Waals surface area contributed by atoms with Crippen molar-refractivity contribution in [2.24, 2.45) is 23.2 Å². The molecular weight excluding hydrogens is 681 g/mol. The molecule has 0 N–H and O–H groups in total. The van der Waals surface area contributed by atoms with Gasteiger partial charge in [0, 0.05) is 48.6 Å². The zero-order valence-electron chi connectivity index (χ0n) is 32.3. The lowest BCUT2D eigenvalue weighted by Crippen LogP contribution is -2.30. The van der Waals surface area contributed by atoms with Crippen LogP contribution in [0, 0.1) is 23.2 Å². The van der Waals surface area contributed by atoms with E-state index < -0.39 is 11.9 Å². The number of ether oxygens (including phenoxy) is 4. The first kappa shape index (κ1) is 45.7. The number of aryl methyl sites for hydroxylation is 1. The van der Waals surface area contributed by atoms with Gasteiger partial charge in [0.05, 0.1) is 30.4 Å². The molecule has 288 valence electrons. The molecule has 0 aliphatic carbocycles. The van der Waals surface area contributed by atoms with Crippen LogP contribution in [0.5, 0.6) is 0 Å². The van der Waals surface area contributed by atoms with Gasteiger partial charge in [-0.3, -0.25) is 28.8 Å². The molecule has 2 atom stereocenters. The summed E-state index contributed by atoms with van der Waals surface area (Å²) in [7, 11) is 0. The standard InChI is InChI=1S/C36H64N4O8S2/c1-11-49-24-28(4)33(43)47-20-18-45-31(41)13-15-39(22-30-23-40(38-37-30)17-12-27(2)3)16-14-32(42)46-19-21-48-34(44)29(5)25-50-36(9,10)26-35(6,7)8/h23,27-29H,11-22,24-26H2,1-10H3. The summed E-state index contributed by atoms with van der Waals surface area (Å²) in [5, 5.41) is 8.48. The molecule has 0 saturated heterocycles. The first-order valence-corrected chi connectivity index (χ1v) is 20.0. The molecule has 2 unspecified atom stereocenters. The molecule has 1 rings (SSSR count). The fraction of sp³-hybridized carbons (Fsp3) is 0.833. The summed E-state index contributed by atoms with van der Waals surface area (Å²) in [5.74, 6) is 0.829. The zero-order chi connectivity index (χ0) is 37.7. The van der Waals surface area contributed by atoms with Crippen LogP contribution >= 0.6 is 23.5 Å². The van der Waals surface area contributed by atoms with Crippen LogP contribution in [-0.2, 0) is 51.2 Å². The Kier molecular flexibility index (Phi) is 22.0. The molecule has 50 heavy (non-hydrogen) atoms. The molecule has 1 aromatic rings. The monoisotopic (exact) mass is 744 g/mol.